The average molecular weight is 308 g/mol. The molecule has 6 heteroatoms. The first-order valence-corrected chi connectivity index (χ1v) is 7.47. The van der Waals surface area contributed by atoms with Gasteiger partial charge in [0.15, 0.2) is 0 Å². The molecule has 120 valence electrons. The quantitative estimate of drug-likeness (QED) is 0.821. The summed E-state index contributed by atoms with van der Waals surface area (Å²) in [6.45, 7) is 2.91. The molecule has 1 aliphatic heterocycles. The van der Waals surface area contributed by atoms with E-state index in [9.17, 15) is 19.1 Å². The molecule has 1 aromatic carbocycles. The fraction of sp³-hybridized carbons (Fsp3) is 0.500. The number of aliphatic hydroxyl groups excluding tert-OH is 1. The fourth-order valence-corrected chi connectivity index (χ4v) is 2.59. The molecule has 0 radical (unpaired) electrons. The molecule has 1 aliphatic rings. The van der Waals surface area contributed by atoms with Crippen LogP contribution in [0.1, 0.15) is 25.3 Å². The lowest BCUT2D eigenvalue weighted by Gasteiger charge is -2.32. The van der Waals surface area contributed by atoms with Crippen LogP contribution in [0, 0.1) is 11.7 Å². The second kappa shape index (κ2) is 7.35. The van der Waals surface area contributed by atoms with Gasteiger partial charge in [0.2, 0.25) is 0 Å². The minimum absolute atomic E-state index is 0.186. The van der Waals surface area contributed by atoms with Crippen LogP contribution >= 0.6 is 0 Å². The molecule has 0 spiro atoms. The monoisotopic (exact) mass is 308 g/mol. The molecule has 1 aromatic rings. The number of nitrogens with one attached hydrogen (secondary N) is 1. The first-order valence-electron chi connectivity index (χ1n) is 7.47. The van der Waals surface area contributed by atoms with Gasteiger partial charge < -0.3 is 15.3 Å². The van der Waals surface area contributed by atoms with Crippen molar-refractivity contribution >= 4 is 11.8 Å². The van der Waals surface area contributed by atoms with Gasteiger partial charge in [-0.3, -0.25) is 9.59 Å². The summed E-state index contributed by atoms with van der Waals surface area (Å²) in [6, 6.07) is 5.75. The van der Waals surface area contributed by atoms with Gasteiger partial charge in [-0.2, -0.15) is 0 Å². The molecule has 0 saturated carbocycles. The SMILES string of the molecule is CC(O)C1CCN(C(=O)C(=O)NCc2ccc(F)cc2)CC1. The normalized spacial score (nSPS) is 17.1. The molecule has 1 saturated heterocycles. The Hall–Kier alpha value is -1.95. The summed E-state index contributed by atoms with van der Waals surface area (Å²) < 4.78 is 12.8. The molecule has 22 heavy (non-hydrogen) atoms. The highest BCUT2D eigenvalue weighted by molar-refractivity contribution is 6.34. The minimum atomic E-state index is -0.653. The highest BCUT2D eigenvalue weighted by atomic mass is 19.1. The first kappa shape index (κ1) is 16.4. The molecule has 1 heterocycles. The van der Waals surface area contributed by atoms with E-state index in [-0.39, 0.29) is 24.4 Å². The Bertz CT molecular complexity index is 523. The summed E-state index contributed by atoms with van der Waals surface area (Å²) in [6.07, 6.45) is 1.02. The number of nitrogens with zero attached hydrogens (tertiary/aromatic N) is 1. The van der Waals surface area contributed by atoms with Crippen molar-refractivity contribution in [2.24, 2.45) is 5.92 Å². The van der Waals surface area contributed by atoms with E-state index in [1.54, 1.807) is 19.1 Å². The zero-order chi connectivity index (χ0) is 16.1. The number of benzene rings is 1. The molecule has 0 bridgehead atoms. The van der Waals surface area contributed by atoms with Gasteiger partial charge in [0.1, 0.15) is 5.82 Å². The number of halogens is 1. The smallest absolute Gasteiger partial charge is 0.311 e. The molecule has 2 rings (SSSR count). The maximum atomic E-state index is 12.8. The number of likely N-dealkylation sites (tertiary alicyclic amines) is 1. The van der Waals surface area contributed by atoms with Crippen LogP contribution in [0.3, 0.4) is 0 Å². The number of rotatable bonds is 3. The molecule has 2 amide bonds. The van der Waals surface area contributed by atoms with Gasteiger partial charge in [0.25, 0.3) is 0 Å². The summed E-state index contributed by atoms with van der Waals surface area (Å²) in [5.74, 6) is -1.36. The second-order valence-electron chi connectivity index (χ2n) is 5.68. The van der Waals surface area contributed by atoms with E-state index in [1.165, 1.54) is 17.0 Å². The molecular formula is C16H21FN2O3. The number of carbonyl (C=O) groups is 2. The van der Waals surface area contributed by atoms with Crippen LogP contribution in [0.25, 0.3) is 0 Å². The van der Waals surface area contributed by atoms with Crippen molar-refractivity contribution in [3.8, 4) is 0 Å². The Morgan fingerprint density at radius 3 is 2.45 bits per heavy atom. The fourth-order valence-electron chi connectivity index (χ4n) is 2.59. The van der Waals surface area contributed by atoms with Gasteiger partial charge in [0, 0.05) is 19.6 Å². The van der Waals surface area contributed by atoms with E-state index < -0.39 is 11.8 Å². The van der Waals surface area contributed by atoms with Crippen molar-refractivity contribution in [2.45, 2.75) is 32.4 Å². The topological polar surface area (TPSA) is 69.6 Å². The largest absolute Gasteiger partial charge is 0.393 e. The van der Waals surface area contributed by atoms with Crippen LogP contribution in [0.5, 0.6) is 0 Å². The Labute approximate surface area is 129 Å². The van der Waals surface area contributed by atoms with Crippen LogP contribution in [-0.4, -0.2) is 41.0 Å². The van der Waals surface area contributed by atoms with Crippen LogP contribution in [-0.2, 0) is 16.1 Å². The van der Waals surface area contributed by atoms with Gasteiger partial charge in [-0.05, 0) is 43.4 Å². The Kier molecular flexibility index (Phi) is 5.49. The third-order valence-electron chi connectivity index (χ3n) is 4.07. The number of amides is 2. The van der Waals surface area contributed by atoms with Crippen LogP contribution in [0.2, 0.25) is 0 Å². The molecule has 1 unspecified atom stereocenters. The van der Waals surface area contributed by atoms with E-state index in [0.29, 0.717) is 25.9 Å². The third kappa shape index (κ3) is 4.27. The van der Waals surface area contributed by atoms with Crippen molar-refractivity contribution in [3.63, 3.8) is 0 Å². The Morgan fingerprint density at radius 2 is 1.91 bits per heavy atom. The predicted octanol–water partition coefficient (Wildman–Crippen LogP) is 1.06. The summed E-state index contributed by atoms with van der Waals surface area (Å²) in [4.78, 5) is 25.4. The van der Waals surface area contributed by atoms with E-state index >= 15 is 0 Å². The molecular weight excluding hydrogens is 287 g/mol. The molecule has 1 atom stereocenters. The van der Waals surface area contributed by atoms with E-state index in [0.717, 1.165) is 5.56 Å². The number of aliphatic hydroxyl groups is 1. The zero-order valence-electron chi connectivity index (χ0n) is 12.6. The van der Waals surface area contributed by atoms with Crippen LogP contribution in [0.4, 0.5) is 4.39 Å². The van der Waals surface area contributed by atoms with Crippen molar-refractivity contribution in [3.05, 3.63) is 35.6 Å². The van der Waals surface area contributed by atoms with Crippen LogP contribution < -0.4 is 5.32 Å². The third-order valence-corrected chi connectivity index (χ3v) is 4.07. The van der Waals surface area contributed by atoms with Gasteiger partial charge in [-0.15, -0.1) is 0 Å². The standard InChI is InChI=1S/C16H21FN2O3/c1-11(20)13-6-8-19(9-7-13)16(22)15(21)18-10-12-2-4-14(17)5-3-12/h2-5,11,13,20H,6-10H2,1H3,(H,18,21). The number of hydrogen-bond acceptors (Lipinski definition) is 3. The number of carbonyl (C=O) groups excluding carboxylic acids is 2. The van der Waals surface area contributed by atoms with Gasteiger partial charge >= 0.3 is 11.8 Å². The lowest BCUT2D eigenvalue weighted by Crippen LogP contribution is -2.47. The van der Waals surface area contributed by atoms with Gasteiger partial charge in [-0.25, -0.2) is 4.39 Å². The van der Waals surface area contributed by atoms with Crippen LogP contribution in [0.15, 0.2) is 24.3 Å². The van der Waals surface area contributed by atoms with Crippen molar-refractivity contribution in [1.82, 2.24) is 10.2 Å². The maximum Gasteiger partial charge on any atom is 0.311 e. The summed E-state index contributed by atoms with van der Waals surface area (Å²) in [7, 11) is 0. The predicted molar refractivity (Wildman–Crippen MR) is 79.2 cm³/mol. The van der Waals surface area contributed by atoms with E-state index in [1.807, 2.05) is 0 Å². The lowest BCUT2D eigenvalue weighted by molar-refractivity contribution is -0.147. The molecule has 5 nitrogen and oxygen atoms in total. The minimum Gasteiger partial charge on any atom is -0.393 e. The van der Waals surface area contributed by atoms with Crippen molar-refractivity contribution in [1.29, 1.82) is 0 Å². The Balaban J connectivity index is 1.80. The molecule has 2 N–H and O–H groups in total. The number of piperidine rings is 1. The van der Waals surface area contributed by atoms with E-state index in [2.05, 4.69) is 5.32 Å². The average Bonchev–Trinajstić information content (AvgIpc) is 2.53. The highest BCUT2D eigenvalue weighted by Gasteiger charge is 2.28. The molecule has 1 fully saturated rings. The summed E-state index contributed by atoms with van der Waals surface area (Å²) in [5, 5.41) is 12.1. The van der Waals surface area contributed by atoms with Crippen molar-refractivity contribution < 1.29 is 19.1 Å². The van der Waals surface area contributed by atoms with Gasteiger partial charge in [-0.1, -0.05) is 12.1 Å². The zero-order valence-corrected chi connectivity index (χ0v) is 12.6. The Morgan fingerprint density at radius 1 is 1.32 bits per heavy atom. The van der Waals surface area contributed by atoms with E-state index in [4.69, 9.17) is 0 Å². The molecule has 0 aromatic heterocycles. The second-order valence-corrected chi connectivity index (χ2v) is 5.68. The van der Waals surface area contributed by atoms with Crippen molar-refractivity contribution in [2.75, 3.05) is 13.1 Å². The first-order chi connectivity index (χ1) is 10.5. The highest BCUT2D eigenvalue weighted by Crippen LogP contribution is 2.20. The summed E-state index contributed by atoms with van der Waals surface area (Å²) >= 11 is 0. The summed E-state index contributed by atoms with van der Waals surface area (Å²) in [5.41, 5.74) is 0.732. The van der Waals surface area contributed by atoms with Gasteiger partial charge in [0.05, 0.1) is 6.10 Å². The lowest BCUT2D eigenvalue weighted by atomic mass is 9.92. The number of hydrogen-bond donors (Lipinski definition) is 2. The maximum absolute atomic E-state index is 12.8. The molecule has 0 aliphatic carbocycles.